The number of anilines is 1. The molecule has 0 aliphatic carbocycles. The molecule has 1 saturated heterocycles. The van der Waals surface area contributed by atoms with Crippen LogP contribution in [0.3, 0.4) is 0 Å². The summed E-state index contributed by atoms with van der Waals surface area (Å²) in [7, 11) is 0. The molecule has 31 heavy (non-hydrogen) atoms. The number of carboxylic acids is 1. The molecule has 3 rings (SSSR count). The molecule has 3 atom stereocenters. The van der Waals surface area contributed by atoms with Crippen LogP contribution < -0.4 is 10.6 Å². The first-order valence-corrected chi connectivity index (χ1v) is 10.6. The van der Waals surface area contributed by atoms with Gasteiger partial charge in [-0.15, -0.1) is 0 Å². The molecule has 0 bridgehead atoms. The van der Waals surface area contributed by atoms with Gasteiger partial charge < -0.3 is 15.3 Å². The third-order valence-electron chi connectivity index (χ3n) is 5.56. The van der Waals surface area contributed by atoms with Gasteiger partial charge in [0.2, 0.25) is 11.8 Å². The molecule has 7 nitrogen and oxygen atoms in total. The number of rotatable bonds is 9. The molecular formula is C24H29N3O4. The number of para-hydroxylation sites is 1. The number of hydrogen-bond acceptors (Lipinski definition) is 4. The Morgan fingerprint density at radius 2 is 1.71 bits per heavy atom. The van der Waals surface area contributed by atoms with Crippen molar-refractivity contribution in [1.82, 2.24) is 10.2 Å². The molecule has 2 amide bonds. The summed E-state index contributed by atoms with van der Waals surface area (Å²) < 4.78 is 0. The van der Waals surface area contributed by atoms with E-state index in [0.717, 1.165) is 12.0 Å². The van der Waals surface area contributed by atoms with Gasteiger partial charge in [0, 0.05) is 12.2 Å². The lowest BCUT2D eigenvalue weighted by Gasteiger charge is -2.29. The van der Waals surface area contributed by atoms with Gasteiger partial charge in [-0.05, 0) is 50.3 Å². The minimum atomic E-state index is -1.02. The Labute approximate surface area is 182 Å². The van der Waals surface area contributed by atoms with Crippen molar-refractivity contribution in [2.45, 2.75) is 50.7 Å². The molecule has 0 unspecified atom stereocenters. The highest BCUT2D eigenvalue weighted by Gasteiger charge is 2.37. The number of benzene rings is 2. The lowest BCUT2D eigenvalue weighted by Crippen LogP contribution is -2.54. The van der Waals surface area contributed by atoms with Crippen LogP contribution in [-0.4, -0.2) is 52.5 Å². The Morgan fingerprint density at radius 3 is 2.35 bits per heavy atom. The highest BCUT2D eigenvalue weighted by atomic mass is 16.4. The predicted molar refractivity (Wildman–Crippen MR) is 119 cm³/mol. The van der Waals surface area contributed by atoms with E-state index in [9.17, 15) is 19.5 Å². The molecule has 1 aliphatic rings. The van der Waals surface area contributed by atoms with Crippen LogP contribution in [0.4, 0.5) is 5.69 Å². The molecule has 2 aromatic rings. The number of aliphatic carboxylic acids is 1. The van der Waals surface area contributed by atoms with Crippen LogP contribution in [0.25, 0.3) is 0 Å². The maximum atomic E-state index is 13.4. The molecule has 2 aromatic carbocycles. The predicted octanol–water partition coefficient (Wildman–Crippen LogP) is 2.68. The summed E-state index contributed by atoms with van der Waals surface area (Å²) in [4.78, 5) is 39.2. The topological polar surface area (TPSA) is 98.7 Å². The summed E-state index contributed by atoms with van der Waals surface area (Å²) in [5.41, 5.74) is 1.76. The molecule has 7 heteroatoms. The average molecular weight is 424 g/mol. The molecule has 0 radical (unpaired) electrons. The monoisotopic (exact) mass is 423 g/mol. The number of nitrogens with zero attached hydrogens (tertiary/aromatic N) is 1. The highest BCUT2D eigenvalue weighted by Crippen LogP contribution is 2.21. The number of carboxylic acid groups (broad SMARTS) is 1. The van der Waals surface area contributed by atoms with Crippen molar-refractivity contribution in [3.8, 4) is 0 Å². The summed E-state index contributed by atoms with van der Waals surface area (Å²) in [5.74, 6) is -1.46. The average Bonchev–Trinajstić information content (AvgIpc) is 3.27. The summed E-state index contributed by atoms with van der Waals surface area (Å²) in [6.07, 6.45) is 2.40. The molecule has 0 saturated carbocycles. The van der Waals surface area contributed by atoms with Crippen molar-refractivity contribution in [2.75, 3.05) is 11.9 Å². The van der Waals surface area contributed by atoms with Crippen LogP contribution in [0.5, 0.6) is 0 Å². The first-order chi connectivity index (χ1) is 15.0. The smallest absolute Gasteiger partial charge is 0.320 e. The summed E-state index contributed by atoms with van der Waals surface area (Å²) in [5, 5.41) is 15.1. The van der Waals surface area contributed by atoms with E-state index in [1.54, 1.807) is 17.0 Å². The molecular weight excluding hydrogens is 394 g/mol. The van der Waals surface area contributed by atoms with E-state index >= 15 is 0 Å². The van der Waals surface area contributed by atoms with Crippen LogP contribution >= 0.6 is 0 Å². The van der Waals surface area contributed by atoms with Crippen molar-refractivity contribution < 1.29 is 19.5 Å². The number of carbonyl (C=O) groups is 3. The summed E-state index contributed by atoms with van der Waals surface area (Å²) in [6.45, 7) is 2.01. The summed E-state index contributed by atoms with van der Waals surface area (Å²) in [6, 6.07) is 16.8. The fraction of sp³-hybridized carbons (Fsp3) is 0.375. The molecule has 1 fully saturated rings. The lowest BCUT2D eigenvalue weighted by molar-refractivity contribution is -0.141. The zero-order valence-corrected chi connectivity index (χ0v) is 17.7. The van der Waals surface area contributed by atoms with Crippen LogP contribution in [0, 0.1) is 0 Å². The zero-order chi connectivity index (χ0) is 22.2. The molecule has 1 aliphatic heterocycles. The standard InChI is InChI=1S/C24H29N3O4/c1-17(24(30)31)25-20(15-14-18-9-4-2-5-10-18)23(29)27-16-8-13-21(27)22(28)26-19-11-6-3-7-12-19/h2-7,9-12,17,20-21,25H,8,13-16H2,1H3,(H,26,28)(H,30,31)/t17-,20+,21-/m1/s1. The van der Waals surface area contributed by atoms with Gasteiger partial charge in [-0.2, -0.15) is 0 Å². The second kappa shape index (κ2) is 10.7. The lowest BCUT2D eigenvalue weighted by atomic mass is 10.0. The van der Waals surface area contributed by atoms with Crippen molar-refractivity contribution in [3.05, 3.63) is 66.2 Å². The van der Waals surface area contributed by atoms with E-state index in [-0.39, 0.29) is 11.8 Å². The fourth-order valence-corrected chi connectivity index (χ4v) is 3.86. The van der Waals surface area contributed by atoms with Crippen molar-refractivity contribution in [3.63, 3.8) is 0 Å². The Hall–Kier alpha value is -3.19. The number of hydrogen-bond donors (Lipinski definition) is 3. The third-order valence-corrected chi connectivity index (χ3v) is 5.56. The molecule has 3 N–H and O–H groups in total. The third kappa shape index (κ3) is 6.15. The molecule has 0 spiro atoms. The fourth-order valence-electron chi connectivity index (χ4n) is 3.86. The van der Waals surface area contributed by atoms with Gasteiger partial charge >= 0.3 is 5.97 Å². The number of nitrogens with one attached hydrogen (secondary N) is 2. The van der Waals surface area contributed by atoms with E-state index in [0.29, 0.717) is 31.5 Å². The molecule has 0 aromatic heterocycles. The van der Waals surface area contributed by atoms with Gasteiger partial charge in [0.05, 0.1) is 6.04 Å². The van der Waals surface area contributed by atoms with Crippen LogP contribution in [-0.2, 0) is 20.8 Å². The van der Waals surface area contributed by atoms with Gasteiger partial charge in [-0.1, -0.05) is 48.5 Å². The SMILES string of the molecule is C[C@@H](N[C@@H](CCc1ccccc1)C(=O)N1CCC[C@@H]1C(=O)Nc1ccccc1)C(=O)O. The van der Waals surface area contributed by atoms with Crippen LogP contribution in [0.2, 0.25) is 0 Å². The highest BCUT2D eigenvalue weighted by molar-refractivity contribution is 5.98. The zero-order valence-electron chi connectivity index (χ0n) is 17.7. The van der Waals surface area contributed by atoms with E-state index in [1.165, 1.54) is 6.92 Å². The largest absolute Gasteiger partial charge is 0.480 e. The van der Waals surface area contributed by atoms with Gasteiger partial charge in [0.25, 0.3) is 0 Å². The van der Waals surface area contributed by atoms with Gasteiger partial charge in [-0.25, -0.2) is 0 Å². The number of carbonyl (C=O) groups excluding carboxylic acids is 2. The maximum absolute atomic E-state index is 13.4. The Bertz CT molecular complexity index is 888. The normalized spacial score (nSPS) is 17.7. The van der Waals surface area contributed by atoms with Crippen LogP contribution in [0.1, 0.15) is 31.7 Å². The molecule has 164 valence electrons. The van der Waals surface area contributed by atoms with E-state index in [2.05, 4.69) is 10.6 Å². The Balaban J connectivity index is 1.71. The van der Waals surface area contributed by atoms with Gasteiger partial charge in [-0.3, -0.25) is 19.7 Å². The number of aryl methyl sites for hydroxylation is 1. The number of amides is 2. The maximum Gasteiger partial charge on any atom is 0.320 e. The minimum absolute atomic E-state index is 0.217. The first-order valence-electron chi connectivity index (χ1n) is 10.6. The quantitative estimate of drug-likeness (QED) is 0.576. The Morgan fingerprint density at radius 1 is 1.06 bits per heavy atom. The van der Waals surface area contributed by atoms with E-state index in [4.69, 9.17) is 0 Å². The summed E-state index contributed by atoms with van der Waals surface area (Å²) >= 11 is 0. The Kier molecular flexibility index (Phi) is 7.78. The number of likely N-dealkylation sites (tertiary alicyclic amines) is 1. The second-order valence-corrected chi connectivity index (χ2v) is 7.85. The molecule has 1 heterocycles. The minimum Gasteiger partial charge on any atom is -0.480 e. The van der Waals surface area contributed by atoms with E-state index < -0.39 is 24.1 Å². The van der Waals surface area contributed by atoms with E-state index in [1.807, 2.05) is 48.5 Å². The second-order valence-electron chi connectivity index (χ2n) is 7.85. The van der Waals surface area contributed by atoms with Crippen molar-refractivity contribution in [2.24, 2.45) is 0 Å². The van der Waals surface area contributed by atoms with Crippen LogP contribution in [0.15, 0.2) is 60.7 Å². The van der Waals surface area contributed by atoms with Crippen molar-refractivity contribution >= 4 is 23.5 Å². The van der Waals surface area contributed by atoms with Gasteiger partial charge in [0.1, 0.15) is 12.1 Å². The first kappa shape index (κ1) is 22.5. The van der Waals surface area contributed by atoms with Crippen molar-refractivity contribution in [1.29, 1.82) is 0 Å². The van der Waals surface area contributed by atoms with Gasteiger partial charge in [0.15, 0.2) is 0 Å².